The third kappa shape index (κ3) is 3.76. The SMILES string of the molecule is CCOc1ccc(CCNC(=O)O)cc1F. The van der Waals surface area contributed by atoms with Crippen LogP contribution in [0.1, 0.15) is 12.5 Å². The van der Waals surface area contributed by atoms with Gasteiger partial charge in [-0.15, -0.1) is 0 Å². The van der Waals surface area contributed by atoms with Crippen molar-refractivity contribution in [1.82, 2.24) is 5.32 Å². The topological polar surface area (TPSA) is 58.6 Å². The van der Waals surface area contributed by atoms with Gasteiger partial charge in [0.05, 0.1) is 6.61 Å². The number of nitrogens with one attached hydrogen (secondary N) is 1. The largest absolute Gasteiger partial charge is 0.491 e. The van der Waals surface area contributed by atoms with E-state index in [1.54, 1.807) is 19.1 Å². The van der Waals surface area contributed by atoms with E-state index in [0.29, 0.717) is 13.0 Å². The Morgan fingerprint density at radius 3 is 2.88 bits per heavy atom. The summed E-state index contributed by atoms with van der Waals surface area (Å²) in [6.07, 6.45) is -0.623. The van der Waals surface area contributed by atoms with Crippen molar-refractivity contribution in [2.75, 3.05) is 13.2 Å². The van der Waals surface area contributed by atoms with Crippen molar-refractivity contribution in [3.05, 3.63) is 29.6 Å². The summed E-state index contributed by atoms with van der Waals surface area (Å²) in [5, 5.41) is 10.6. The summed E-state index contributed by atoms with van der Waals surface area (Å²) in [6.45, 7) is 2.46. The minimum Gasteiger partial charge on any atom is -0.491 e. The predicted octanol–water partition coefficient (Wildman–Crippen LogP) is 2.03. The molecule has 1 aromatic carbocycles. The Kier molecular flexibility index (Phi) is 4.57. The third-order valence-corrected chi connectivity index (χ3v) is 1.99. The Labute approximate surface area is 93.0 Å². The van der Waals surface area contributed by atoms with E-state index in [0.717, 1.165) is 5.56 Å². The Bertz CT molecular complexity index is 368. The molecule has 0 aliphatic carbocycles. The molecule has 16 heavy (non-hydrogen) atoms. The van der Waals surface area contributed by atoms with Gasteiger partial charge in [-0.05, 0) is 31.0 Å². The predicted molar refractivity (Wildman–Crippen MR) is 57.3 cm³/mol. The molecule has 0 unspecified atom stereocenters. The minimum absolute atomic E-state index is 0.220. The highest BCUT2D eigenvalue weighted by Crippen LogP contribution is 2.18. The smallest absolute Gasteiger partial charge is 0.404 e. The summed E-state index contributed by atoms with van der Waals surface area (Å²) in [4.78, 5) is 10.2. The third-order valence-electron chi connectivity index (χ3n) is 1.99. The van der Waals surface area contributed by atoms with E-state index in [-0.39, 0.29) is 12.3 Å². The monoisotopic (exact) mass is 227 g/mol. The lowest BCUT2D eigenvalue weighted by Crippen LogP contribution is -2.23. The van der Waals surface area contributed by atoms with Crippen LogP contribution >= 0.6 is 0 Å². The van der Waals surface area contributed by atoms with Gasteiger partial charge in [0.25, 0.3) is 0 Å². The van der Waals surface area contributed by atoms with Gasteiger partial charge >= 0.3 is 6.09 Å². The van der Waals surface area contributed by atoms with Crippen molar-refractivity contribution in [3.63, 3.8) is 0 Å². The number of amides is 1. The van der Waals surface area contributed by atoms with E-state index in [9.17, 15) is 9.18 Å². The van der Waals surface area contributed by atoms with Crippen molar-refractivity contribution in [1.29, 1.82) is 0 Å². The number of halogens is 1. The minimum atomic E-state index is -1.08. The van der Waals surface area contributed by atoms with Gasteiger partial charge in [0.1, 0.15) is 0 Å². The number of benzene rings is 1. The zero-order valence-electron chi connectivity index (χ0n) is 9.00. The molecule has 0 aliphatic rings. The first kappa shape index (κ1) is 12.3. The molecule has 0 saturated carbocycles. The standard InChI is InChI=1S/C11H14FNO3/c1-2-16-10-4-3-8(7-9(10)12)5-6-13-11(14)15/h3-4,7,13H,2,5-6H2,1H3,(H,14,15). The lowest BCUT2D eigenvalue weighted by Gasteiger charge is -2.06. The fourth-order valence-corrected chi connectivity index (χ4v) is 1.29. The highest BCUT2D eigenvalue weighted by molar-refractivity contribution is 5.64. The van der Waals surface area contributed by atoms with Crippen molar-refractivity contribution in [2.24, 2.45) is 0 Å². The Balaban J connectivity index is 2.55. The van der Waals surface area contributed by atoms with Crippen molar-refractivity contribution < 1.29 is 19.0 Å². The van der Waals surface area contributed by atoms with Crippen molar-refractivity contribution in [3.8, 4) is 5.75 Å². The maximum absolute atomic E-state index is 13.4. The molecule has 1 amide bonds. The van der Waals surface area contributed by atoms with Gasteiger partial charge in [0.15, 0.2) is 11.6 Å². The van der Waals surface area contributed by atoms with Crippen LogP contribution in [0.2, 0.25) is 0 Å². The molecule has 0 saturated heterocycles. The second kappa shape index (κ2) is 5.95. The van der Waals surface area contributed by atoms with E-state index in [2.05, 4.69) is 5.32 Å². The Morgan fingerprint density at radius 1 is 1.56 bits per heavy atom. The van der Waals surface area contributed by atoms with Gasteiger partial charge in [-0.2, -0.15) is 0 Å². The number of rotatable bonds is 5. The van der Waals surface area contributed by atoms with Crippen LogP contribution in [0.3, 0.4) is 0 Å². The van der Waals surface area contributed by atoms with Gasteiger partial charge in [0.2, 0.25) is 0 Å². The molecule has 0 aromatic heterocycles. The average Bonchev–Trinajstić information content (AvgIpc) is 2.21. The van der Waals surface area contributed by atoms with Crippen molar-refractivity contribution in [2.45, 2.75) is 13.3 Å². The summed E-state index contributed by atoms with van der Waals surface area (Å²) >= 11 is 0. The molecule has 4 nitrogen and oxygen atoms in total. The highest BCUT2D eigenvalue weighted by Gasteiger charge is 2.04. The fourth-order valence-electron chi connectivity index (χ4n) is 1.29. The van der Waals surface area contributed by atoms with Crippen LogP contribution in [0.15, 0.2) is 18.2 Å². The maximum atomic E-state index is 13.4. The molecule has 0 bridgehead atoms. The van der Waals surface area contributed by atoms with Crippen LogP contribution in [0.4, 0.5) is 9.18 Å². The van der Waals surface area contributed by atoms with Gasteiger partial charge in [-0.1, -0.05) is 6.07 Å². The van der Waals surface area contributed by atoms with Crippen LogP contribution in [0, 0.1) is 5.82 Å². The summed E-state index contributed by atoms with van der Waals surface area (Å²) in [5.41, 5.74) is 0.731. The molecule has 2 N–H and O–H groups in total. The molecule has 1 rings (SSSR count). The van der Waals surface area contributed by atoms with Gasteiger partial charge in [-0.25, -0.2) is 9.18 Å². The first-order chi connectivity index (χ1) is 7.63. The van der Waals surface area contributed by atoms with Gasteiger partial charge in [0, 0.05) is 6.54 Å². The number of carboxylic acid groups (broad SMARTS) is 1. The number of hydrogen-bond acceptors (Lipinski definition) is 2. The molecular weight excluding hydrogens is 213 g/mol. The van der Waals surface area contributed by atoms with E-state index in [4.69, 9.17) is 9.84 Å². The molecule has 5 heteroatoms. The van der Waals surface area contributed by atoms with Crippen molar-refractivity contribution >= 4 is 6.09 Å². The fraction of sp³-hybridized carbons (Fsp3) is 0.364. The molecule has 0 fully saturated rings. The zero-order valence-corrected chi connectivity index (χ0v) is 9.00. The number of ether oxygens (including phenoxy) is 1. The van der Waals surface area contributed by atoms with E-state index in [1.165, 1.54) is 6.07 Å². The van der Waals surface area contributed by atoms with Crippen LogP contribution < -0.4 is 10.1 Å². The summed E-state index contributed by atoms with van der Waals surface area (Å²) in [5.74, 6) is -0.202. The second-order valence-electron chi connectivity index (χ2n) is 3.18. The summed E-state index contributed by atoms with van der Waals surface area (Å²) in [6, 6.07) is 4.63. The molecule has 0 radical (unpaired) electrons. The molecule has 1 aromatic rings. The summed E-state index contributed by atoms with van der Waals surface area (Å²) in [7, 11) is 0. The summed E-state index contributed by atoms with van der Waals surface area (Å²) < 4.78 is 18.4. The molecule has 0 aliphatic heterocycles. The van der Waals surface area contributed by atoms with Gasteiger partial charge < -0.3 is 15.2 Å². The molecule has 0 heterocycles. The van der Waals surface area contributed by atoms with Gasteiger partial charge in [-0.3, -0.25) is 0 Å². The molecule has 0 spiro atoms. The van der Waals surface area contributed by atoms with Crippen LogP contribution in [0.5, 0.6) is 5.75 Å². The Morgan fingerprint density at radius 2 is 2.31 bits per heavy atom. The lowest BCUT2D eigenvalue weighted by molar-refractivity contribution is 0.194. The second-order valence-corrected chi connectivity index (χ2v) is 3.18. The lowest BCUT2D eigenvalue weighted by atomic mass is 10.1. The highest BCUT2D eigenvalue weighted by atomic mass is 19.1. The first-order valence-corrected chi connectivity index (χ1v) is 5.01. The normalized spacial score (nSPS) is 9.88. The van der Waals surface area contributed by atoms with Crippen LogP contribution in [-0.2, 0) is 6.42 Å². The van der Waals surface area contributed by atoms with Crippen LogP contribution in [-0.4, -0.2) is 24.4 Å². The Hall–Kier alpha value is -1.78. The zero-order chi connectivity index (χ0) is 12.0. The van der Waals surface area contributed by atoms with E-state index in [1.807, 2.05) is 0 Å². The number of carbonyl (C=O) groups is 1. The quantitative estimate of drug-likeness (QED) is 0.809. The van der Waals surface area contributed by atoms with E-state index < -0.39 is 11.9 Å². The molecular formula is C11H14FNO3. The van der Waals surface area contributed by atoms with Crippen LogP contribution in [0.25, 0.3) is 0 Å². The maximum Gasteiger partial charge on any atom is 0.404 e. The number of hydrogen-bond donors (Lipinski definition) is 2. The van der Waals surface area contributed by atoms with E-state index >= 15 is 0 Å². The average molecular weight is 227 g/mol. The first-order valence-electron chi connectivity index (χ1n) is 5.01. The molecule has 0 atom stereocenters. The molecule has 88 valence electrons.